The van der Waals surface area contributed by atoms with E-state index in [0.717, 1.165) is 11.1 Å². The van der Waals surface area contributed by atoms with E-state index in [0.29, 0.717) is 23.4 Å². The van der Waals surface area contributed by atoms with E-state index in [9.17, 15) is 9.59 Å². The van der Waals surface area contributed by atoms with Crippen molar-refractivity contribution in [2.45, 2.75) is 27.2 Å². The maximum absolute atomic E-state index is 12.3. The second-order valence-corrected chi connectivity index (χ2v) is 5.25. The van der Waals surface area contributed by atoms with Gasteiger partial charge >= 0.3 is 0 Å². The van der Waals surface area contributed by atoms with Crippen molar-refractivity contribution in [3.8, 4) is 0 Å². The molecule has 0 bridgehead atoms. The van der Waals surface area contributed by atoms with Gasteiger partial charge in [0, 0.05) is 23.4 Å². The predicted molar refractivity (Wildman–Crippen MR) is 89.2 cm³/mol. The average molecular weight is 296 g/mol. The van der Waals surface area contributed by atoms with Gasteiger partial charge in [0.1, 0.15) is 0 Å². The monoisotopic (exact) mass is 296 g/mol. The molecule has 0 unspecified atom stereocenters. The van der Waals surface area contributed by atoms with Crippen molar-refractivity contribution in [1.82, 2.24) is 0 Å². The molecule has 0 fully saturated rings. The Morgan fingerprint density at radius 2 is 1.64 bits per heavy atom. The van der Waals surface area contributed by atoms with Gasteiger partial charge in [-0.1, -0.05) is 30.7 Å². The van der Waals surface area contributed by atoms with E-state index in [1.807, 2.05) is 38.1 Å². The van der Waals surface area contributed by atoms with E-state index in [1.165, 1.54) is 0 Å². The average Bonchev–Trinajstić information content (AvgIpc) is 2.51. The van der Waals surface area contributed by atoms with Crippen LogP contribution >= 0.6 is 0 Å². The fraction of sp³-hybridized carbons (Fsp3) is 0.222. The summed E-state index contributed by atoms with van der Waals surface area (Å²) in [4.78, 5) is 23.7. The van der Waals surface area contributed by atoms with Crippen molar-refractivity contribution in [3.05, 3.63) is 59.2 Å². The van der Waals surface area contributed by atoms with Gasteiger partial charge in [-0.05, 0) is 43.7 Å². The van der Waals surface area contributed by atoms with Crippen molar-refractivity contribution in [3.63, 3.8) is 0 Å². The summed E-state index contributed by atoms with van der Waals surface area (Å²) in [6.07, 6.45) is 0.416. The molecule has 0 spiro atoms. The van der Waals surface area contributed by atoms with Gasteiger partial charge < -0.3 is 10.6 Å². The summed E-state index contributed by atoms with van der Waals surface area (Å²) in [5, 5.41) is 5.68. The van der Waals surface area contributed by atoms with Crippen molar-refractivity contribution >= 4 is 23.2 Å². The summed E-state index contributed by atoms with van der Waals surface area (Å²) in [6.45, 7) is 5.69. The zero-order valence-electron chi connectivity index (χ0n) is 13.1. The number of anilines is 2. The predicted octanol–water partition coefficient (Wildman–Crippen LogP) is 3.90. The molecule has 2 aromatic rings. The number of hydrogen-bond acceptors (Lipinski definition) is 2. The van der Waals surface area contributed by atoms with Gasteiger partial charge in [0.2, 0.25) is 5.91 Å². The van der Waals surface area contributed by atoms with Crippen molar-refractivity contribution in [1.29, 1.82) is 0 Å². The van der Waals surface area contributed by atoms with E-state index < -0.39 is 0 Å². The molecular formula is C18H20N2O2. The number of benzene rings is 2. The highest BCUT2D eigenvalue weighted by molar-refractivity contribution is 6.05. The first-order valence-electron chi connectivity index (χ1n) is 7.28. The van der Waals surface area contributed by atoms with E-state index >= 15 is 0 Å². The number of nitrogens with one attached hydrogen (secondary N) is 2. The van der Waals surface area contributed by atoms with Gasteiger partial charge in [-0.15, -0.1) is 0 Å². The molecule has 2 rings (SSSR count). The molecule has 0 aliphatic rings. The Hall–Kier alpha value is -2.62. The van der Waals surface area contributed by atoms with Gasteiger partial charge in [0.15, 0.2) is 0 Å². The third kappa shape index (κ3) is 3.95. The number of hydrogen-bond donors (Lipinski definition) is 2. The van der Waals surface area contributed by atoms with Crippen molar-refractivity contribution in [2.75, 3.05) is 10.6 Å². The van der Waals surface area contributed by atoms with Crippen LogP contribution in [-0.4, -0.2) is 11.8 Å². The maximum Gasteiger partial charge on any atom is 0.255 e. The van der Waals surface area contributed by atoms with Crippen molar-refractivity contribution in [2.24, 2.45) is 0 Å². The first kappa shape index (κ1) is 15.8. The standard InChI is InChI=1S/C18H20N2O2/c1-4-17(21)19-15-10-7-13(3)16(11-15)20-18(22)14-8-5-12(2)6-9-14/h5-11H,4H2,1-3H3,(H,19,21)(H,20,22). The second-order valence-electron chi connectivity index (χ2n) is 5.25. The second kappa shape index (κ2) is 6.89. The SMILES string of the molecule is CCC(=O)Nc1ccc(C)c(NC(=O)c2ccc(C)cc2)c1. The molecule has 0 saturated heterocycles. The van der Waals surface area contributed by atoms with Gasteiger partial charge in [-0.25, -0.2) is 0 Å². The zero-order chi connectivity index (χ0) is 16.1. The molecule has 0 aliphatic carbocycles. The van der Waals surface area contributed by atoms with E-state index in [4.69, 9.17) is 0 Å². The fourth-order valence-electron chi connectivity index (χ4n) is 1.98. The summed E-state index contributed by atoms with van der Waals surface area (Å²) in [6, 6.07) is 12.9. The molecule has 0 saturated carbocycles. The molecular weight excluding hydrogens is 276 g/mol. The van der Waals surface area contributed by atoms with E-state index in [1.54, 1.807) is 25.1 Å². The largest absolute Gasteiger partial charge is 0.326 e. The van der Waals surface area contributed by atoms with Crippen LogP contribution in [0.3, 0.4) is 0 Å². The molecule has 22 heavy (non-hydrogen) atoms. The van der Waals surface area contributed by atoms with Gasteiger partial charge in [0.25, 0.3) is 5.91 Å². The highest BCUT2D eigenvalue weighted by Crippen LogP contribution is 2.21. The lowest BCUT2D eigenvalue weighted by Crippen LogP contribution is -2.14. The molecule has 2 amide bonds. The van der Waals surface area contributed by atoms with Gasteiger partial charge in [-0.2, -0.15) is 0 Å². The molecule has 2 aromatic carbocycles. The van der Waals surface area contributed by atoms with Gasteiger partial charge in [-0.3, -0.25) is 9.59 Å². The molecule has 0 aromatic heterocycles. The molecule has 0 aliphatic heterocycles. The molecule has 114 valence electrons. The van der Waals surface area contributed by atoms with Gasteiger partial charge in [0.05, 0.1) is 0 Å². The molecule has 2 N–H and O–H groups in total. The first-order valence-corrected chi connectivity index (χ1v) is 7.28. The van der Waals surface area contributed by atoms with Crippen molar-refractivity contribution < 1.29 is 9.59 Å². The summed E-state index contributed by atoms with van der Waals surface area (Å²) in [5.74, 6) is -0.221. The van der Waals surface area contributed by atoms with Crippen LogP contribution in [0.2, 0.25) is 0 Å². The number of aryl methyl sites for hydroxylation is 2. The highest BCUT2D eigenvalue weighted by atomic mass is 16.2. The minimum absolute atomic E-state index is 0.0559. The summed E-state index contributed by atoms with van der Waals surface area (Å²) in [7, 11) is 0. The summed E-state index contributed by atoms with van der Waals surface area (Å²) >= 11 is 0. The third-order valence-electron chi connectivity index (χ3n) is 3.40. The Balaban J connectivity index is 2.17. The lowest BCUT2D eigenvalue weighted by atomic mass is 10.1. The maximum atomic E-state index is 12.3. The van der Waals surface area contributed by atoms with Crippen LogP contribution in [0.5, 0.6) is 0 Å². The van der Waals surface area contributed by atoms with Crippen LogP contribution in [0.4, 0.5) is 11.4 Å². The summed E-state index contributed by atoms with van der Waals surface area (Å²) in [5.41, 5.74) is 4.02. The van der Waals surface area contributed by atoms with Crippen LogP contribution in [-0.2, 0) is 4.79 Å². The first-order chi connectivity index (χ1) is 10.5. The zero-order valence-corrected chi connectivity index (χ0v) is 13.1. The fourth-order valence-corrected chi connectivity index (χ4v) is 1.98. The quantitative estimate of drug-likeness (QED) is 0.899. The Bertz CT molecular complexity index is 691. The lowest BCUT2D eigenvalue weighted by Gasteiger charge is -2.11. The third-order valence-corrected chi connectivity index (χ3v) is 3.40. The number of amides is 2. The minimum Gasteiger partial charge on any atom is -0.326 e. The van der Waals surface area contributed by atoms with Crippen LogP contribution in [0.25, 0.3) is 0 Å². The van der Waals surface area contributed by atoms with E-state index in [-0.39, 0.29) is 11.8 Å². The van der Waals surface area contributed by atoms with Crippen LogP contribution in [0.1, 0.15) is 34.8 Å². The Labute approximate surface area is 130 Å². The number of carbonyl (C=O) groups is 2. The topological polar surface area (TPSA) is 58.2 Å². The Kier molecular flexibility index (Phi) is 4.94. The molecule has 0 atom stereocenters. The molecule has 0 radical (unpaired) electrons. The lowest BCUT2D eigenvalue weighted by molar-refractivity contribution is -0.115. The highest BCUT2D eigenvalue weighted by Gasteiger charge is 2.09. The van der Waals surface area contributed by atoms with Crippen LogP contribution < -0.4 is 10.6 Å². The Morgan fingerprint density at radius 3 is 2.27 bits per heavy atom. The minimum atomic E-state index is -0.165. The molecule has 4 nitrogen and oxygen atoms in total. The number of rotatable bonds is 4. The normalized spacial score (nSPS) is 10.1. The molecule has 4 heteroatoms. The van der Waals surface area contributed by atoms with Crippen LogP contribution in [0, 0.1) is 13.8 Å². The van der Waals surface area contributed by atoms with Crippen LogP contribution in [0.15, 0.2) is 42.5 Å². The number of carbonyl (C=O) groups excluding carboxylic acids is 2. The smallest absolute Gasteiger partial charge is 0.255 e. The molecule has 0 heterocycles. The Morgan fingerprint density at radius 1 is 0.955 bits per heavy atom. The van der Waals surface area contributed by atoms with E-state index in [2.05, 4.69) is 10.6 Å². The summed E-state index contributed by atoms with van der Waals surface area (Å²) < 4.78 is 0.